The van der Waals surface area contributed by atoms with Crippen molar-refractivity contribution in [1.29, 1.82) is 0 Å². The molecule has 1 aromatic heterocycles. The van der Waals surface area contributed by atoms with Crippen LogP contribution in [-0.2, 0) is 39.5 Å². The van der Waals surface area contributed by atoms with Crippen LogP contribution in [0.25, 0.3) is 0 Å². The molecule has 0 saturated carbocycles. The van der Waals surface area contributed by atoms with Crippen molar-refractivity contribution in [3.8, 4) is 5.75 Å². The topological polar surface area (TPSA) is 22.3 Å². The summed E-state index contributed by atoms with van der Waals surface area (Å²) in [5, 5.41) is 0. The minimum absolute atomic E-state index is 0.872. The first-order chi connectivity index (χ1) is 12.5. The molecule has 0 fully saturated rings. The van der Waals surface area contributed by atoms with E-state index < -0.39 is 0 Å². The van der Waals surface area contributed by atoms with Crippen molar-refractivity contribution in [3.05, 3.63) is 81.9 Å². The molecule has 3 rings (SSSR count). The zero-order chi connectivity index (χ0) is 18.9. The van der Waals surface area contributed by atoms with Gasteiger partial charge in [0.25, 0.3) is 0 Å². The summed E-state index contributed by atoms with van der Waals surface area (Å²) in [6, 6.07) is 18.6. The Balaban J connectivity index is 0.000000209. The van der Waals surface area contributed by atoms with Gasteiger partial charge in [-0.05, 0) is 5.56 Å². The van der Waals surface area contributed by atoms with Gasteiger partial charge in [0.15, 0.2) is 0 Å². The number of aromatic nitrogens is 2. The molecular weight excluding hydrogens is 735 g/mol. The molecule has 0 saturated heterocycles. The molecule has 26 heavy (non-hydrogen) atoms. The zero-order valence-electron chi connectivity index (χ0n) is 14.6. The Hall–Kier alpha value is -0.442. The zero-order valence-corrected chi connectivity index (χ0v) is 21.2. The van der Waals surface area contributed by atoms with E-state index in [1.165, 1.54) is 14.9 Å². The maximum Gasteiger partial charge on any atom is 0.0435 e. The summed E-state index contributed by atoms with van der Waals surface area (Å²) < 4.78 is 12.8. The van der Waals surface area contributed by atoms with Gasteiger partial charge in [-0.3, -0.25) is 0 Å². The van der Waals surface area contributed by atoms with E-state index in [0.717, 1.165) is 18.8 Å². The van der Waals surface area contributed by atoms with E-state index >= 15 is 0 Å². The molecule has 2 aromatic carbocycles. The van der Waals surface area contributed by atoms with Gasteiger partial charge in [0.1, 0.15) is 0 Å². The van der Waals surface area contributed by atoms with Crippen molar-refractivity contribution in [2.75, 3.05) is 7.11 Å². The number of rotatable bonds is 5. The third-order valence-corrected chi connectivity index (χ3v) is 5.73. The molecule has 142 valence electrons. The quantitative estimate of drug-likeness (QED) is 0.266. The summed E-state index contributed by atoms with van der Waals surface area (Å²) >= 11 is 6.85. The third kappa shape index (κ3) is 7.29. The molecule has 0 bridgehead atoms. The monoisotopic (exact) mass is 756 g/mol. The van der Waals surface area contributed by atoms with Crippen molar-refractivity contribution in [2.45, 2.75) is 13.1 Å². The molecule has 0 N–H and O–H groups in total. The number of ether oxygens (including phenoxy) is 1. The van der Waals surface area contributed by atoms with E-state index in [-0.39, 0.29) is 0 Å². The Morgan fingerprint density at radius 1 is 1.00 bits per heavy atom. The summed E-state index contributed by atoms with van der Waals surface area (Å²) in [5.74, 6) is 0.907. The molecule has 0 aliphatic heterocycles. The largest absolute Gasteiger partial charge is 0.184 e. The molecule has 4 nitrogen and oxygen atoms in total. The van der Waals surface area contributed by atoms with Gasteiger partial charge >= 0.3 is 106 Å². The third-order valence-electron chi connectivity index (χ3n) is 3.59. The first-order valence-corrected chi connectivity index (χ1v) is 11.0. The normalized spacial score (nSPS) is 10.4. The number of halogens is 2. The van der Waals surface area contributed by atoms with Gasteiger partial charge in [-0.2, -0.15) is 1.33 Å². The smallest absolute Gasteiger partial charge is 0.0435 e. The van der Waals surface area contributed by atoms with Crippen LogP contribution in [0.3, 0.4) is 0 Å². The number of hydrogen-bond donors (Lipinski definition) is 0. The average molecular weight is 756 g/mol. The van der Waals surface area contributed by atoms with Crippen LogP contribution < -0.4 is 4.74 Å². The summed E-state index contributed by atoms with van der Waals surface area (Å²) in [7, 11) is 3.74. The molecule has 0 amide bonds. The molecule has 0 aliphatic carbocycles. The van der Waals surface area contributed by atoms with E-state index in [0.29, 0.717) is 0 Å². The second-order valence-corrected chi connectivity index (χ2v) is 10.8. The SMILES string of the molecule is COc1cccc(Cn2ccn(C)[c]2=[Pt])c1.IN(I)Cc1ccccc1. The fourth-order valence-electron chi connectivity index (χ4n) is 2.30. The van der Waals surface area contributed by atoms with Gasteiger partial charge < -0.3 is 0 Å². The summed E-state index contributed by atoms with van der Waals surface area (Å²) in [6.07, 6.45) is 4.14. The van der Waals surface area contributed by atoms with Crippen LogP contribution in [0.15, 0.2) is 67.0 Å². The Bertz CT molecular complexity index is 862. The summed E-state index contributed by atoms with van der Waals surface area (Å²) in [6.45, 7) is 1.87. The predicted molar refractivity (Wildman–Crippen MR) is 119 cm³/mol. The molecule has 0 aliphatic rings. The van der Waals surface area contributed by atoms with Crippen LogP contribution in [0.5, 0.6) is 5.75 Å². The Morgan fingerprint density at radius 3 is 2.27 bits per heavy atom. The minimum atomic E-state index is 0.872. The predicted octanol–water partition coefficient (Wildman–Crippen LogP) is 5.15. The number of hydrogen-bond acceptors (Lipinski definition) is 2. The Kier molecular flexibility index (Phi) is 9.59. The van der Waals surface area contributed by atoms with Crippen molar-refractivity contribution >= 4 is 45.7 Å². The fourth-order valence-corrected chi connectivity index (χ4v) is 3.61. The van der Waals surface area contributed by atoms with Crippen molar-refractivity contribution in [2.24, 2.45) is 7.05 Å². The van der Waals surface area contributed by atoms with Crippen molar-refractivity contribution < 1.29 is 24.1 Å². The molecule has 7 heteroatoms. The van der Waals surface area contributed by atoms with E-state index in [1.54, 1.807) is 7.11 Å². The van der Waals surface area contributed by atoms with Crippen LogP contribution in [-0.4, -0.2) is 17.6 Å². The minimum Gasteiger partial charge on any atom is -0.184 e. The molecule has 1 heterocycles. The summed E-state index contributed by atoms with van der Waals surface area (Å²) in [4.78, 5) is 0. The number of benzene rings is 2. The van der Waals surface area contributed by atoms with E-state index in [2.05, 4.69) is 124 Å². The molecule has 3 aromatic rings. The van der Waals surface area contributed by atoms with Crippen molar-refractivity contribution in [3.63, 3.8) is 0 Å². The standard InChI is InChI=1S/C12H14N2O.C7H7I2N.Pt/c1-13-6-7-14(10-13)9-11-4-3-5-12(8-11)15-2;8-10(9)6-7-4-2-1-3-5-7;/h3-8H,9H2,1-2H3;1-5H,6H2;. The number of imidazole rings is 1. The number of methoxy groups -OCH3 is 1. The molecule has 0 radical (unpaired) electrons. The van der Waals surface area contributed by atoms with Gasteiger partial charge in [0.2, 0.25) is 0 Å². The summed E-state index contributed by atoms with van der Waals surface area (Å²) in [5.41, 5.74) is 2.60. The molecule has 0 atom stereocenters. The Labute approximate surface area is 193 Å². The van der Waals surface area contributed by atoms with Gasteiger partial charge in [-0.25, -0.2) is 0 Å². The maximum atomic E-state index is 5.21. The number of nitrogens with zero attached hydrogens (tertiary/aromatic N) is 3. The maximum absolute atomic E-state index is 5.21. The average Bonchev–Trinajstić information content (AvgIpc) is 2.95. The number of aryl methyl sites for hydroxylation is 1. The second kappa shape index (κ2) is 11.4. The fraction of sp³-hybridized carbons (Fsp3) is 0.211. The molecule has 0 spiro atoms. The van der Waals surface area contributed by atoms with Crippen molar-refractivity contribution in [1.82, 2.24) is 10.5 Å². The van der Waals surface area contributed by atoms with Gasteiger partial charge in [-0.1, -0.05) is 30.3 Å². The van der Waals surface area contributed by atoms with E-state index in [9.17, 15) is 0 Å². The first kappa shape index (κ1) is 21.9. The van der Waals surface area contributed by atoms with Crippen LogP contribution in [0.1, 0.15) is 11.1 Å². The van der Waals surface area contributed by atoms with Crippen LogP contribution in [0.2, 0.25) is 0 Å². The van der Waals surface area contributed by atoms with E-state index in [1.807, 2.05) is 25.2 Å². The van der Waals surface area contributed by atoms with Gasteiger partial charge in [-0.15, -0.1) is 0 Å². The van der Waals surface area contributed by atoms with Gasteiger partial charge in [0.05, 0.1) is 0 Å². The van der Waals surface area contributed by atoms with Crippen LogP contribution in [0.4, 0.5) is 0 Å². The first-order valence-electron chi connectivity index (χ1n) is 7.92. The molecular formula is C19H21I2N3OPt. The molecule has 0 unspecified atom stereocenters. The second-order valence-electron chi connectivity index (χ2n) is 5.58. The van der Waals surface area contributed by atoms with Crippen LogP contribution in [0, 0.1) is 3.80 Å². The van der Waals surface area contributed by atoms with Crippen LogP contribution >= 0.6 is 45.7 Å². The Morgan fingerprint density at radius 2 is 1.69 bits per heavy atom. The van der Waals surface area contributed by atoms with E-state index in [4.69, 9.17) is 4.74 Å². The van der Waals surface area contributed by atoms with Gasteiger partial charge in [0, 0.05) is 52.3 Å².